The van der Waals surface area contributed by atoms with Gasteiger partial charge in [-0.25, -0.2) is 0 Å². The van der Waals surface area contributed by atoms with Gasteiger partial charge in [-0.15, -0.1) is 0 Å². The van der Waals surface area contributed by atoms with Crippen LogP contribution in [-0.2, 0) is 5.41 Å². The Morgan fingerprint density at radius 3 is 2.32 bits per heavy atom. The molecule has 0 saturated carbocycles. The van der Waals surface area contributed by atoms with Crippen LogP contribution in [0.5, 0.6) is 0 Å². The lowest BCUT2D eigenvalue weighted by Crippen LogP contribution is -2.11. The van der Waals surface area contributed by atoms with Gasteiger partial charge in [0.05, 0.1) is 5.70 Å². The smallest absolute Gasteiger partial charge is 0.0623 e. The molecule has 0 radical (unpaired) electrons. The lowest BCUT2D eigenvalue weighted by molar-refractivity contribution is 0.590. The normalized spacial score (nSPS) is 11.3. The fourth-order valence-corrected chi connectivity index (χ4v) is 2.54. The van der Waals surface area contributed by atoms with E-state index in [1.165, 1.54) is 27.8 Å². The molecule has 0 aliphatic carbocycles. The Balaban J connectivity index is 2.72. The van der Waals surface area contributed by atoms with E-state index in [1.807, 2.05) is 0 Å². The molecule has 0 aliphatic heterocycles. The molecule has 0 unspecified atom stereocenters. The van der Waals surface area contributed by atoms with Crippen LogP contribution < -0.4 is 0 Å². The summed E-state index contributed by atoms with van der Waals surface area (Å²) in [5.74, 6) is 0. The molecule has 0 N–H and O–H groups in total. The number of nitrogens with zero attached hydrogens (tertiary/aromatic N) is 1. The molecule has 22 heavy (non-hydrogen) atoms. The van der Waals surface area contributed by atoms with Crippen LogP contribution in [0.3, 0.4) is 0 Å². The standard InChI is InChI=1S/C21H25N/c1-14-9-8-10-20(15(14)2)18-11-17(16(3)22-7)12-19(13-18)21(4,5)6/h8-13H,3,7H2,1-2,4-6H3. The molecule has 0 bridgehead atoms. The summed E-state index contributed by atoms with van der Waals surface area (Å²) in [4.78, 5) is 4.01. The Labute approximate surface area is 134 Å². The van der Waals surface area contributed by atoms with Gasteiger partial charge in [0.25, 0.3) is 0 Å². The predicted molar refractivity (Wildman–Crippen MR) is 98.6 cm³/mol. The maximum absolute atomic E-state index is 4.01. The van der Waals surface area contributed by atoms with Crippen molar-refractivity contribution < 1.29 is 0 Å². The molecule has 0 aliphatic rings. The monoisotopic (exact) mass is 291 g/mol. The summed E-state index contributed by atoms with van der Waals surface area (Å²) in [5.41, 5.74) is 8.22. The summed E-state index contributed by atoms with van der Waals surface area (Å²) in [6.07, 6.45) is 0. The number of benzene rings is 2. The van der Waals surface area contributed by atoms with Crippen molar-refractivity contribution in [3.8, 4) is 11.1 Å². The van der Waals surface area contributed by atoms with Crippen LogP contribution in [0.25, 0.3) is 16.8 Å². The van der Waals surface area contributed by atoms with E-state index in [2.05, 4.69) is 89.3 Å². The molecule has 1 nitrogen and oxygen atoms in total. The minimum Gasteiger partial charge on any atom is -0.265 e. The van der Waals surface area contributed by atoms with Crippen LogP contribution in [0.2, 0.25) is 0 Å². The Morgan fingerprint density at radius 2 is 1.73 bits per heavy atom. The molecular formula is C21H25N. The number of aryl methyl sites for hydroxylation is 1. The Hall–Kier alpha value is -2.15. The molecule has 2 aromatic rings. The summed E-state index contributed by atoms with van der Waals surface area (Å²) in [5, 5.41) is 0. The largest absolute Gasteiger partial charge is 0.265 e. The lowest BCUT2D eigenvalue weighted by Gasteiger charge is -2.22. The highest BCUT2D eigenvalue weighted by Crippen LogP contribution is 2.33. The number of rotatable bonds is 3. The van der Waals surface area contributed by atoms with E-state index in [1.54, 1.807) is 0 Å². The Bertz CT molecular complexity index is 730. The summed E-state index contributed by atoms with van der Waals surface area (Å²) in [6, 6.07) is 13.1. The zero-order valence-electron chi connectivity index (χ0n) is 14.3. The molecular weight excluding hydrogens is 266 g/mol. The minimum atomic E-state index is 0.0734. The zero-order chi connectivity index (χ0) is 16.5. The summed E-state index contributed by atoms with van der Waals surface area (Å²) in [7, 11) is 0. The zero-order valence-corrected chi connectivity index (χ0v) is 14.3. The van der Waals surface area contributed by atoms with Crippen molar-refractivity contribution in [2.75, 3.05) is 0 Å². The summed E-state index contributed by atoms with van der Waals surface area (Å²) < 4.78 is 0. The van der Waals surface area contributed by atoms with Gasteiger partial charge in [-0.2, -0.15) is 0 Å². The molecule has 0 heterocycles. The Morgan fingerprint density at radius 1 is 1.05 bits per heavy atom. The van der Waals surface area contributed by atoms with Crippen molar-refractivity contribution in [2.24, 2.45) is 4.99 Å². The number of hydrogen-bond donors (Lipinski definition) is 0. The van der Waals surface area contributed by atoms with E-state index in [4.69, 9.17) is 0 Å². The second kappa shape index (κ2) is 5.92. The van der Waals surface area contributed by atoms with Crippen LogP contribution in [-0.4, -0.2) is 6.72 Å². The third-order valence-corrected chi connectivity index (χ3v) is 4.24. The maximum Gasteiger partial charge on any atom is 0.0623 e. The van der Waals surface area contributed by atoms with Crippen LogP contribution >= 0.6 is 0 Å². The summed E-state index contributed by atoms with van der Waals surface area (Å²) >= 11 is 0. The highest BCUT2D eigenvalue weighted by molar-refractivity contribution is 5.76. The van der Waals surface area contributed by atoms with E-state index in [9.17, 15) is 0 Å². The topological polar surface area (TPSA) is 12.4 Å². The second-order valence-electron chi connectivity index (χ2n) is 6.90. The first-order valence-electron chi connectivity index (χ1n) is 7.62. The lowest BCUT2D eigenvalue weighted by atomic mass is 9.83. The van der Waals surface area contributed by atoms with Crippen molar-refractivity contribution in [1.29, 1.82) is 0 Å². The van der Waals surface area contributed by atoms with Crippen LogP contribution in [0, 0.1) is 13.8 Å². The molecule has 0 aromatic heterocycles. The first-order valence-corrected chi connectivity index (χ1v) is 7.62. The molecule has 0 atom stereocenters. The molecule has 2 rings (SSSR count). The van der Waals surface area contributed by atoms with Gasteiger partial charge in [0, 0.05) is 5.56 Å². The minimum absolute atomic E-state index is 0.0734. The first-order chi connectivity index (χ1) is 10.2. The molecule has 0 amide bonds. The molecule has 1 heteroatoms. The molecule has 0 saturated heterocycles. The fourth-order valence-electron chi connectivity index (χ4n) is 2.54. The van der Waals surface area contributed by atoms with E-state index in [0.29, 0.717) is 0 Å². The van der Waals surface area contributed by atoms with Gasteiger partial charge in [0.1, 0.15) is 0 Å². The maximum atomic E-state index is 4.01. The predicted octanol–water partition coefficient (Wildman–Crippen LogP) is 5.94. The van der Waals surface area contributed by atoms with Gasteiger partial charge < -0.3 is 0 Å². The third-order valence-electron chi connectivity index (χ3n) is 4.24. The Kier molecular flexibility index (Phi) is 4.37. The van der Waals surface area contributed by atoms with Crippen molar-refractivity contribution in [3.05, 3.63) is 65.2 Å². The van der Waals surface area contributed by atoms with E-state index in [0.717, 1.165) is 11.3 Å². The number of aliphatic imine (C=N–C) groups is 1. The summed E-state index contributed by atoms with van der Waals surface area (Å²) in [6.45, 7) is 18.6. The van der Waals surface area contributed by atoms with Gasteiger partial charge in [0.15, 0.2) is 0 Å². The van der Waals surface area contributed by atoms with Crippen LogP contribution in [0.15, 0.2) is 48.0 Å². The van der Waals surface area contributed by atoms with Gasteiger partial charge in [-0.1, -0.05) is 51.6 Å². The van der Waals surface area contributed by atoms with Crippen molar-refractivity contribution in [1.82, 2.24) is 0 Å². The van der Waals surface area contributed by atoms with Gasteiger partial charge >= 0.3 is 0 Å². The fraction of sp³-hybridized carbons (Fsp3) is 0.286. The van der Waals surface area contributed by atoms with E-state index >= 15 is 0 Å². The van der Waals surface area contributed by atoms with Crippen molar-refractivity contribution in [3.63, 3.8) is 0 Å². The van der Waals surface area contributed by atoms with E-state index < -0.39 is 0 Å². The van der Waals surface area contributed by atoms with Crippen LogP contribution in [0.1, 0.15) is 43.0 Å². The SMILES string of the molecule is C=NC(=C)c1cc(-c2cccc(C)c2C)cc(C(C)(C)C)c1. The molecule has 2 aromatic carbocycles. The second-order valence-corrected chi connectivity index (χ2v) is 6.90. The molecule has 0 spiro atoms. The van der Waals surface area contributed by atoms with Crippen LogP contribution in [0.4, 0.5) is 0 Å². The quantitative estimate of drug-likeness (QED) is 0.621. The van der Waals surface area contributed by atoms with Gasteiger partial charge in [-0.3, -0.25) is 4.99 Å². The average molecular weight is 291 g/mol. The van der Waals surface area contributed by atoms with Gasteiger partial charge in [-0.05, 0) is 65.9 Å². The highest BCUT2D eigenvalue weighted by atomic mass is 14.7. The molecule has 114 valence electrons. The first kappa shape index (κ1) is 16.2. The van der Waals surface area contributed by atoms with E-state index in [-0.39, 0.29) is 5.41 Å². The highest BCUT2D eigenvalue weighted by Gasteiger charge is 2.17. The molecule has 0 fully saturated rings. The third kappa shape index (κ3) is 3.19. The van der Waals surface area contributed by atoms with Gasteiger partial charge in [0.2, 0.25) is 0 Å². The number of hydrogen-bond acceptors (Lipinski definition) is 1. The van der Waals surface area contributed by atoms with Crippen molar-refractivity contribution >= 4 is 12.4 Å². The van der Waals surface area contributed by atoms with Crippen molar-refractivity contribution in [2.45, 2.75) is 40.0 Å². The average Bonchev–Trinajstić information content (AvgIpc) is 2.47.